The molecule has 2 aliphatic rings. The number of carbonyl (C=O) groups excluding carboxylic acids is 3. The summed E-state index contributed by atoms with van der Waals surface area (Å²) in [7, 11) is 1.49. The third-order valence-electron chi connectivity index (χ3n) is 5.48. The first-order chi connectivity index (χ1) is 16.3. The third-order valence-corrected chi connectivity index (χ3v) is 5.77. The van der Waals surface area contributed by atoms with E-state index in [4.69, 9.17) is 21.2 Å². The highest BCUT2D eigenvalue weighted by atomic mass is 35.5. The van der Waals surface area contributed by atoms with E-state index >= 15 is 0 Å². The van der Waals surface area contributed by atoms with Crippen molar-refractivity contribution in [3.05, 3.63) is 46.0 Å². The van der Waals surface area contributed by atoms with E-state index in [9.17, 15) is 18.8 Å². The first-order valence-electron chi connectivity index (χ1n) is 10.7. The number of anilines is 1. The molecule has 0 bridgehead atoms. The molecule has 0 aliphatic carbocycles. The summed E-state index contributed by atoms with van der Waals surface area (Å²) in [6, 6.07) is 3.51. The number of fused-ring (bicyclic) bond motifs is 3. The van der Waals surface area contributed by atoms with Gasteiger partial charge in [0.1, 0.15) is 17.6 Å². The van der Waals surface area contributed by atoms with Crippen molar-refractivity contribution >= 4 is 35.3 Å². The van der Waals surface area contributed by atoms with Crippen LogP contribution in [-0.2, 0) is 29.1 Å². The van der Waals surface area contributed by atoms with Gasteiger partial charge in [-0.3, -0.25) is 14.3 Å². The monoisotopic (exact) mass is 494 g/mol. The minimum Gasteiger partial charge on any atom is -0.450 e. The third kappa shape index (κ3) is 4.92. The van der Waals surface area contributed by atoms with Crippen molar-refractivity contribution in [2.45, 2.75) is 32.5 Å². The molecule has 2 N–H and O–H groups in total. The molecule has 1 unspecified atom stereocenters. The van der Waals surface area contributed by atoms with Crippen LogP contribution >= 0.6 is 11.6 Å². The summed E-state index contributed by atoms with van der Waals surface area (Å²) in [6.45, 7) is 2.84. The summed E-state index contributed by atoms with van der Waals surface area (Å²) in [6.07, 6.45) is -0.673. The van der Waals surface area contributed by atoms with E-state index in [1.54, 1.807) is 16.5 Å². The normalized spacial score (nSPS) is 17.5. The van der Waals surface area contributed by atoms with Gasteiger partial charge >= 0.3 is 12.1 Å². The number of nitrogens with one attached hydrogen (secondary N) is 2. The van der Waals surface area contributed by atoms with Crippen LogP contribution in [0.15, 0.2) is 18.2 Å². The highest BCUT2D eigenvalue weighted by Gasteiger charge is 2.35. The number of alkyl carbamates (subject to hydrolysis) is 1. The number of amides is 4. The lowest BCUT2D eigenvalue weighted by molar-refractivity contribution is -0.146. The van der Waals surface area contributed by atoms with Crippen LogP contribution in [0, 0.1) is 5.82 Å². The number of nitrogens with zero attached hydrogens (tertiary/aromatic N) is 4. The van der Waals surface area contributed by atoms with Crippen molar-refractivity contribution in [1.29, 1.82) is 0 Å². The van der Waals surface area contributed by atoms with Gasteiger partial charge in [-0.05, 0) is 25.1 Å². The quantitative estimate of drug-likeness (QED) is 0.674. The van der Waals surface area contributed by atoms with Crippen LogP contribution in [-0.4, -0.2) is 70.6 Å². The average Bonchev–Trinajstić information content (AvgIpc) is 3.10. The number of hydroxylamine groups is 2. The van der Waals surface area contributed by atoms with E-state index in [2.05, 4.69) is 15.7 Å². The fraction of sp³-hybridized carbons (Fsp3) is 0.429. The van der Waals surface area contributed by atoms with Crippen LogP contribution in [0.25, 0.3) is 0 Å². The molecule has 0 fully saturated rings. The lowest BCUT2D eigenvalue weighted by Gasteiger charge is -2.27. The SMILES string of the molecule is CCOC(=O)NCC1Cn2nc3c(c2C(=O)N(C)O1)CN(C(=O)Nc1ccc(F)c(Cl)c1)CC3. The summed E-state index contributed by atoms with van der Waals surface area (Å²) in [5.74, 6) is -0.981. The zero-order chi connectivity index (χ0) is 24.4. The molecule has 4 rings (SSSR count). The smallest absolute Gasteiger partial charge is 0.407 e. The predicted octanol–water partition coefficient (Wildman–Crippen LogP) is 2.40. The number of hydrogen-bond donors (Lipinski definition) is 2. The molecule has 34 heavy (non-hydrogen) atoms. The van der Waals surface area contributed by atoms with Gasteiger partial charge < -0.3 is 20.3 Å². The topological polar surface area (TPSA) is 118 Å². The van der Waals surface area contributed by atoms with Gasteiger partial charge in [0, 0.05) is 31.3 Å². The minimum absolute atomic E-state index is 0.0960. The molecule has 11 nitrogen and oxygen atoms in total. The van der Waals surface area contributed by atoms with Gasteiger partial charge in [0.15, 0.2) is 0 Å². The Morgan fingerprint density at radius 3 is 2.91 bits per heavy atom. The summed E-state index contributed by atoms with van der Waals surface area (Å²) in [5.41, 5.74) is 2.05. The van der Waals surface area contributed by atoms with E-state index in [0.717, 1.165) is 10.8 Å². The highest BCUT2D eigenvalue weighted by Crippen LogP contribution is 2.27. The van der Waals surface area contributed by atoms with Gasteiger partial charge in [0.05, 0.1) is 37.0 Å². The predicted molar refractivity (Wildman–Crippen MR) is 119 cm³/mol. The van der Waals surface area contributed by atoms with Crippen molar-refractivity contribution in [2.24, 2.45) is 0 Å². The number of hydrogen-bond acceptors (Lipinski definition) is 6. The fourth-order valence-corrected chi connectivity index (χ4v) is 4.06. The first kappa shape index (κ1) is 23.8. The molecule has 1 atom stereocenters. The van der Waals surface area contributed by atoms with Crippen LogP contribution in [0.1, 0.15) is 28.7 Å². The maximum absolute atomic E-state index is 13.4. The van der Waals surface area contributed by atoms with Crippen LogP contribution in [0.2, 0.25) is 5.02 Å². The van der Waals surface area contributed by atoms with Crippen LogP contribution in [0.3, 0.4) is 0 Å². The molecule has 0 radical (unpaired) electrons. The summed E-state index contributed by atoms with van der Waals surface area (Å²) in [5, 5.41) is 10.9. The molecule has 0 saturated heterocycles. The largest absolute Gasteiger partial charge is 0.450 e. The molecule has 0 saturated carbocycles. The number of carbonyl (C=O) groups is 3. The number of urea groups is 1. The van der Waals surface area contributed by atoms with Crippen LogP contribution in [0.4, 0.5) is 19.7 Å². The molecule has 2 aliphatic heterocycles. The van der Waals surface area contributed by atoms with Crippen molar-refractivity contribution in [1.82, 2.24) is 25.1 Å². The number of ether oxygens (including phenoxy) is 1. The van der Waals surface area contributed by atoms with Crippen LogP contribution < -0.4 is 10.6 Å². The number of halogens is 2. The van der Waals surface area contributed by atoms with Crippen LogP contribution in [0.5, 0.6) is 0 Å². The molecule has 1 aromatic carbocycles. The summed E-state index contributed by atoms with van der Waals surface area (Å²) in [4.78, 5) is 44.7. The van der Waals surface area contributed by atoms with E-state index in [1.165, 1.54) is 25.2 Å². The maximum Gasteiger partial charge on any atom is 0.407 e. The average molecular weight is 495 g/mol. The maximum atomic E-state index is 13.4. The van der Waals surface area contributed by atoms with Gasteiger partial charge in [-0.15, -0.1) is 0 Å². The zero-order valence-electron chi connectivity index (χ0n) is 18.6. The van der Waals surface area contributed by atoms with Gasteiger partial charge in [0.2, 0.25) is 0 Å². The van der Waals surface area contributed by atoms with Crippen molar-refractivity contribution in [2.75, 3.05) is 32.1 Å². The Kier molecular flexibility index (Phi) is 6.89. The Bertz CT molecular complexity index is 1130. The molecule has 13 heteroatoms. The second-order valence-corrected chi connectivity index (χ2v) is 8.23. The van der Waals surface area contributed by atoms with Gasteiger partial charge in [-0.1, -0.05) is 11.6 Å². The first-order valence-corrected chi connectivity index (χ1v) is 11.1. The zero-order valence-corrected chi connectivity index (χ0v) is 19.4. The van der Waals surface area contributed by atoms with Gasteiger partial charge in [0.25, 0.3) is 5.91 Å². The summed E-state index contributed by atoms with van der Waals surface area (Å²) < 4.78 is 19.8. The molecule has 1 aromatic heterocycles. The second-order valence-electron chi connectivity index (χ2n) is 7.82. The van der Waals surface area contributed by atoms with Crippen molar-refractivity contribution in [3.8, 4) is 0 Å². The lowest BCUT2D eigenvalue weighted by atomic mass is 10.1. The molecule has 182 valence electrons. The van der Waals surface area contributed by atoms with E-state index in [-0.39, 0.29) is 31.3 Å². The Morgan fingerprint density at radius 1 is 1.38 bits per heavy atom. The van der Waals surface area contributed by atoms with Crippen molar-refractivity contribution in [3.63, 3.8) is 0 Å². The molecule has 3 heterocycles. The lowest BCUT2D eigenvalue weighted by Crippen LogP contribution is -2.40. The van der Waals surface area contributed by atoms with Gasteiger partial charge in [-0.2, -0.15) is 5.10 Å². The fourth-order valence-electron chi connectivity index (χ4n) is 3.88. The Labute approximate surface area is 199 Å². The number of benzene rings is 1. The standard InChI is InChI=1S/C21H24ClFN6O5/c1-3-33-21(32)24-9-13-10-29-18(19(30)27(2)34-13)14-11-28(7-6-17(14)26-29)20(31)25-12-4-5-16(23)15(22)8-12/h4-5,8,13H,3,6-7,9-11H2,1-2H3,(H,24,32)(H,25,31). The van der Waals surface area contributed by atoms with E-state index in [0.29, 0.717) is 29.9 Å². The molecular weight excluding hydrogens is 471 g/mol. The molecular formula is C21H24ClFN6O5. The summed E-state index contributed by atoms with van der Waals surface area (Å²) >= 11 is 5.79. The number of rotatable bonds is 4. The molecule has 2 aromatic rings. The minimum atomic E-state index is -0.578. The Hall–Kier alpha value is -3.38. The number of aromatic nitrogens is 2. The molecule has 4 amide bonds. The van der Waals surface area contributed by atoms with Crippen molar-refractivity contribution < 1.29 is 28.3 Å². The highest BCUT2D eigenvalue weighted by molar-refractivity contribution is 6.31. The second kappa shape index (κ2) is 9.85. The Balaban J connectivity index is 1.50. The van der Waals surface area contributed by atoms with E-state index < -0.39 is 30.0 Å². The Morgan fingerprint density at radius 2 is 2.18 bits per heavy atom. The van der Waals surface area contributed by atoms with Gasteiger partial charge in [-0.25, -0.2) is 19.0 Å². The molecule has 0 spiro atoms. The van der Waals surface area contributed by atoms with E-state index in [1.807, 2.05) is 0 Å².